The van der Waals surface area contributed by atoms with Crippen molar-refractivity contribution in [2.75, 3.05) is 4.90 Å². The molecule has 1 amide bonds. The van der Waals surface area contributed by atoms with Gasteiger partial charge in [-0.3, -0.25) is 14.5 Å². The molecule has 1 aliphatic heterocycles. The van der Waals surface area contributed by atoms with E-state index in [1.807, 2.05) is 42.5 Å². The van der Waals surface area contributed by atoms with Gasteiger partial charge in [0.1, 0.15) is 11.5 Å². The van der Waals surface area contributed by atoms with E-state index >= 15 is 0 Å². The highest BCUT2D eigenvalue weighted by atomic mass is 35.5. The molecule has 0 bridgehead atoms. The maximum Gasteiger partial charge on any atom is 0.263 e. The lowest BCUT2D eigenvalue weighted by Gasteiger charge is -2.21. The zero-order valence-corrected chi connectivity index (χ0v) is 20.2. The fraction of sp³-hybridized carbons (Fsp3) is 0.0345. The summed E-state index contributed by atoms with van der Waals surface area (Å²) in [4.78, 5) is 27.2. The van der Waals surface area contributed by atoms with Gasteiger partial charge in [0.15, 0.2) is 5.78 Å². The van der Waals surface area contributed by atoms with E-state index in [0.717, 1.165) is 5.56 Å². The molecule has 5 rings (SSSR count). The molecule has 0 spiro atoms. The Kier molecular flexibility index (Phi) is 6.16. The summed E-state index contributed by atoms with van der Waals surface area (Å²) in [6.45, 7) is 1.50. The van der Waals surface area contributed by atoms with Gasteiger partial charge in [-0.2, -0.15) is 0 Å². The average Bonchev–Trinajstić information content (AvgIpc) is 3.46. The lowest BCUT2D eigenvalue weighted by atomic mass is 10.1. The third kappa shape index (κ3) is 4.59. The second kappa shape index (κ2) is 9.41. The quantitative estimate of drug-likeness (QED) is 0.207. The molecule has 0 aliphatic carbocycles. The van der Waals surface area contributed by atoms with Crippen LogP contribution in [0.1, 0.15) is 28.6 Å². The summed E-state index contributed by atoms with van der Waals surface area (Å²) in [6, 6.07) is 25.4. The van der Waals surface area contributed by atoms with E-state index in [1.54, 1.807) is 59.5 Å². The minimum Gasteiger partial charge on any atom is -0.457 e. The molecular formula is C29H19Cl2NO3. The Bertz CT molecular complexity index is 1520. The second-order valence-corrected chi connectivity index (χ2v) is 8.91. The van der Waals surface area contributed by atoms with Gasteiger partial charge < -0.3 is 4.42 Å². The third-order valence-corrected chi connectivity index (χ3v) is 6.25. The van der Waals surface area contributed by atoms with Crippen LogP contribution in [0.3, 0.4) is 0 Å². The first kappa shape index (κ1) is 22.9. The van der Waals surface area contributed by atoms with Gasteiger partial charge in [0.05, 0.1) is 10.7 Å². The first-order valence-corrected chi connectivity index (χ1v) is 11.7. The van der Waals surface area contributed by atoms with Crippen LogP contribution in [-0.2, 0) is 4.79 Å². The van der Waals surface area contributed by atoms with E-state index in [1.165, 1.54) is 6.92 Å². The Morgan fingerprint density at radius 2 is 1.71 bits per heavy atom. The van der Waals surface area contributed by atoms with Crippen LogP contribution in [-0.4, -0.2) is 11.7 Å². The number of ketones is 1. The van der Waals surface area contributed by atoms with Crippen LogP contribution in [0.15, 0.2) is 101 Å². The van der Waals surface area contributed by atoms with E-state index in [9.17, 15) is 9.59 Å². The fourth-order valence-corrected chi connectivity index (χ4v) is 4.35. The van der Waals surface area contributed by atoms with Gasteiger partial charge in [-0.05, 0) is 67.1 Å². The van der Waals surface area contributed by atoms with Gasteiger partial charge in [0.25, 0.3) is 5.91 Å². The molecule has 35 heavy (non-hydrogen) atoms. The average molecular weight is 500 g/mol. The number of carbonyl (C=O) groups excluding carboxylic acids is 2. The van der Waals surface area contributed by atoms with Crippen LogP contribution in [0.25, 0.3) is 23.1 Å². The highest BCUT2D eigenvalue weighted by molar-refractivity contribution is 6.35. The number of amides is 1. The van der Waals surface area contributed by atoms with Gasteiger partial charge in [0, 0.05) is 27.4 Å². The number of hydrogen-bond acceptors (Lipinski definition) is 3. The summed E-state index contributed by atoms with van der Waals surface area (Å²) in [5, 5.41) is 1.06. The minimum absolute atomic E-state index is 0.0673. The molecule has 4 nitrogen and oxygen atoms in total. The van der Waals surface area contributed by atoms with Crippen molar-refractivity contribution >= 4 is 52.4 Å². The molecule has 0 atom stereocenters. The van der Waals surface area contributed by atoms with Gasteiger partial charge >= 0.3 is 0 Å². The normalized spacial score (nSPS) is 14.5. The van der Waals surface area contributed by atoms with Crippen molar-refractivity contribution in [2.45, 2.75) is 6.92 Å². The molecule has 6 heteroatoms. The molecule has 172 valence electrons. The van der Waals surface area contributed by atoms with E-state index in [2.05, 4.69) is 0 Å². The first-order chi connectivity index (χ1) is 16.9. The van der Waals surface area contributed by atoms with Crippen molar-refractivity contribution in [2.24, 2.45) is 0 Å². The predicted molar refractivity (Wildman–Crippen MR) is 140 cm³/mol. The zero-order valence-electron chi connectivity index (χ0n) is 18.7. The first-order valence-electron chi connectivity index (χ1n) is 10.9. The van der Waals surface area contributed by atoms with Crippen LogP contribution in [0.4, 0.5) is 5.69 Å². The number of Topliss-reactive ketones (excluding diaryl/α,β-unsaturated/α-hetero) is 1. The lowest BCUT2D eigenvalue weighted by Crippen LogP contribution is -2.25. The number of benzene rings is 3. The third-order valence-electron chi connectivity index (χ3n) is 5.68. The van der Waals surface area contributed by atoms with Gasteiger partial charge in [-0.25, -0.2) is 0 Å². The monoisotopic (exact) mass is 499 g/mol. The fourth-order valence-electron chi connectivity index (χ4n) is 3.97. The van der Waals surface area contributed by atoms with Crippen molar-refractivity contribution in [1.82, 2.24) is 0 Å². The molecule has 4 aromatic rings. The standard InChI is InChI=1S/C29H19Cl2NO3/c1-18(33)20-8-5-9-23(14-20)32-27(19-6-3-2-4-7-19)16-21(29(32)34)15-24-11-13-28(35-24)25-17-22(30)10-12-26(25)31/h2-17H,1H3. The van der Waals surface area contributed by atoms with Crippen LogP contribution in [0, 0.1) is 0 Å². The summed E-state index contributed by atoms with van der Waals surface area (Å²) in [5.74, 6) is 0.765. The van der Waals surface area contributed by atoms with Gasteiger partial charge in [-0.1, -0.05) is 65.7 Å². The van der Waals surface area contributed by atoms with Gasteiger partial charge in [0.2, 0.25) is 0 Å². The SMILES string of the molecule is CC(=O)c1cccc(N2C(=O)C(=Cc3ccc(-c4cc(Cl)ccc4Cl)o3)C=C2c2ccccc2)c1. The Morgan fingerprint density at radius 3 is 2.49 bits per heavy atom. The van der Waals surface area contributed by atoms with E-state index < -0.39 is 0 Å². The molecule has 0 N–H and O–H groups in total. The van der Waals surface area contributed by atoms with Gasteiger partial charge in [-0.15, -0.1) is 0 Å². The summed E-state index contributed by atoms with van der Waals surface area (Å²) in [6.07, 6.45) is 3.52. The van der Waals surface area contributed by atoms with Crippen LogP contribution >= 0.6 is 23.2 Å². The van der Waals surface area contributed by atoms with Crippen molar-refractivity contribution in [3.05, 3.63) is 124 Å². The molecule has 0 unspecified atom stereocenters. The smallest absolute Gasteiger partial charge is 0.263 e. The predicted octanol–water partition coefficient (Wildman–Crippen LogP) is 7.93. The summed E-state index contributed by atoms with van der Waals surface area (Å²) >= 11 is 12.4. The largest absolute Gasteiger partial charge is 0.457 e. The molecule has 0 fully saturated rings. The number of carbonyl (C=O) groups is 2. The molecule has 2 heterocycles. The summed E-state index contributed by atoms with van der Waals surface area (Å²) in [5.41, 5.74) is 3.87. The summed E-state index contributed by atoms with van der Waals surface area (Å²) < 4.78 is 5.98. The number of hydrogen-bond donors (Lipinski definition) is 0. The topological polar surface area (TPSA) is 50.5 Å². The van der Waals surface area contributed by atoms with Crippen molar-refractivity contribution in [3.8, 4) is 11.3 Å². The van der Waals surface area contributed by atoms with Crippen LogP contribution in [0.2, 0.25) is 10.0 Å². The molecular weight excluding hydrogens is 481 g/mol. The van der Waals surface area contributed by atoms with Crippen LogP contribution in [0.5, 0.6) is 0 Å². The number of rotatable bonds is 5. The molecule has 1 aromatic heterocycles. The Morgan fingerprint density at radius 1 is 0.914 bits per heavy atom. The molecule has 0 radical (unpaired) electrons. The maximum absolute atomic E-state index is 13.6. The second-order valence-electron chi connectivity index (χ2n) is 8.07. The number of nitrogens with zero attached hydrogens (tertiary/aromatic N) is 1. The Hall–Kier alpha value is -3.86. The Labute approximate surface area is 212 Å². The highest BCUT2D eigenvalue weighted by Gasteiger charge is 2.31. The van der Waals surface area contributed by atoms with Crippen molar-refractivity contribution < 1.29 is 14.0 Å². The molecule has 1 aliphatic rings. The lowest BCUT2D eigenvalue weighted by molar-refractivity contribution is -0.113. The van der Waals surface area contributed by atoms with Crippen molar-refractivity contribution in [3.63, 3.8) is 0 Å². The zero-order chi connectivity index (χ0) is 24.5. The van der Waals surface area contributed by atoms with E-state index in [4.69, 9.17) is 27.6 Å². The van der Waals surface area contributed by atoms with Crippen LogP contribution < -0.4 is 4.90 Å². The maximum atomic E-state index is 13.6. The number of furan rings is 1. The minimum atomic E-state index is -0.219. The van der Waals surface area contributed by atoms with Crippen molar-refractivity contribution in [1.29, 1.82) is 0 Å². The van der Waals surface area contributed by atoms with E-state index in [0.29, 0.717) is 49.7 Å². The molecule has 0 saturated heterocycles. The molecule has 0 saturated carbocycles. The number of anilines is 1. The highest BCUT2D eigenvalue weighted by Crippen LogP contribution is 2.37. The molecule has 3 aromatic carbocycles. The van der Waals surface area contributed by atoms with E-state index in [-0.39, 0.29) is 11.7 Å². The Balaban J connectivity index is 1.56. The summed E-state index contributed by atoms with van der Waals surface area (Å²) in [7, 11) is 0. The number of halogens is 2.